The van der Waals surface area contributed by atoms with Gasteiger partial charge in [0.2, 0.25) is 0 Å². The van der Waals surface area contributed by atoms with Crippen molar-refractivity contribution in [2.45, 2.75) is 25.4 Å². The fourth-order valence-corrected chi connectivity index (χ4v) is 2.15. The first-order valence-corrected chi connectivity index (χ1v) is 6.35. The van der Waals surface area contributed by atoms with Crippen LogP contribution in [0.1, 0.15) is 18.4 Å². The number of hydrogen-bond acceptors (Lipinski definition) is 4. The molecule has 1 saturated heterocycles. The van der Waals surface area contributed by atoms with Crippen molar-refractivity contribution in [1.29, 1.82) is 0 Å². The Morgan fingerprint density at radius 3 is 2.78 bits per heavy atom. The molecular weight excluding hydrogens is 230 g/mol. The summed E-state index contributed by atoms with van der Waals surface area (Å²) in [5.41, 5.74) is 1.19. The number of nitrogens with one attached hydrogen (secondary N) is 1. The Morgan fingerprint density at radius 2 is 2.11 bits per heavy atom. The maximum atomic E-state index is 5.44. The van der Waals surface area contributed by atoms with Crippen LogP contribution in [-0.2, 0) is 11.3 Å². The Labute approximate surface area is 108 Å². The number of methoxy groups -OCH3 is 2. The fourth-order valence-electron chi connectivity index (χ4n) is 2.15. The summed E-state index contributed by atoms with van der Waals surface area (Å²) >= 11 is 0. The summed E-state index contributed by atoms with van der Waals surface area (Å²) in [4.78, 5) is 0. The van der Waals surface area contributed by atoms with E-state index in [1.807, 2.05) is 12.1 Å². The molecule has 0 spiro atoms. The van der Waals surface area contributed by atoms with Crippen molar-refractivity contribution in [2.24, 2.45) is 0 Å². The minimum Gasteiger partial charge on any atom is -0.493 e. The lowest BCUT2D eigenvalue weighted by atomic mass is 10.1. The number of benzene rings is 1. The molecule has 100 valence electrons. The molecule has 1 N–H and O–H groups in total. The van der Waals surface area contributed by atoms with Gasteiger partial charge in [-0.1, -0.05) is 6.07 Å². The van der Waals surface area contributed by atoms with Gasteiger partial charge >= 0.3 is 0 Å². The number of ether oxygens (including phenoxy) is 3. The molecule has 0 radical (unpaired) electrons. The molecule has 0 unspecified atom stereocenters. The Hall–Kier alpha value is -1.26. The predicted octanol–water partition coefficient (Wildman–Crippen LogP) is 1.97. The van der Waals surface area contributed by atoms with E-state index in [1.54, 1.807) is 14.2 Å². The molecule has 1 fully saturated rings. The third kappa shape index (κ3) is 3.37. The highest BCUT2D eigenvalue weighted by atomic mass is 16.5. The van der Waals surface area contributed by atoms with Crippen LogP contribution in [0, 0.1) is 0 Å². The van der Waals surface area contributed by atoms with Crippen molar-refractivity contribution in [3.63, 3.8) is 0 Å². The summed E-state index contributed by atoms with van der Waals surface area (Å²) in [5.74, 6) is 1.54. The molecular formula is C14H21NO3. The lowest BCUT2D eigenvalue weighted by Gasteiger charge is -2.23. The summed E-state index contributed by atoms with van der Waals surface area (Å²) in [6.45, 7) is 2.54. The van der Waals surface area contributed by atoms with E-state index in [4.69, 9.17) is 14.2 Å². The van der Waals surface area contributed by atoms with Crippen LogP contribution in [0.15, 0.2) is 18.2 Å². The largest absolute Gasteiger partial charge is 0.493 e. The van der Waals surface area contributed by atoms with E-state index in [0.29, 0.717) is 6.04 Å². The van der Waals surface area contributed by atoms with E-state index >= 15 is 0 Å². The smallest absolute Gasteiger partial charge is 0.161 e. The van der Waals surface area contributed by atoms with Gasteiger partial charge in [-0.15, -0.1) is 0 Å². The highest BCUT2D eigenvalue weighted by molar-refractivity contribution is 5.42. The van der Waals surface area contributed by atoms with Gasteiger partial charge in [0.15, 0.2) is 11.5 Å². The zero-order valence-electron chi connectivity index (χ0n) is 11.1. The molecule has 0 aromatic heterocycles. The molecule has 2 rings (SSSR count). The first kappa shape index (κ1) is 13.2. The average Bonchev–Trinajstić information content (AvgIpc) is 2.45. The summed E-state index contributed by atoms with van der Waals surface area (Å²) in [6.07, 6.45) is 2.33. The van der Waals surface area contributed by atoms with Crippen LogP contribution in [-0.4, -0.2) is 33.5 Å². The Balaban J connectivity index is 1.92. The van der Waals surface area contributed by atoms with Gasteiger partial charge in [-0.3, -0.25) is 0 Å². The lowest BCUT2D eigenvalue weighted by molar-refractivity contribution is 0.0699. The van der Waals surface area contributed by atoms with Gasteiger partial charge in [0, 0.05) is 19.2 Å². The van der Waals surface area contributed by atoms with Crippen molar-refractivity contribution < 1.29 is 14.2 Å². The third-order valence-electron chi connectivity index (χ3n) is 3.20. The monoisotopic (exact) mass is 251 g/mol. The van der Waals surface area contributed by atoms with Crippen molar-refractivity contribution in [3.05, 3.63) is 23.8 Å². The van der Waals surface area contributed by atoms with Crippen molar-refractivity contribution in [3.8, 4) is 11.5 Å². The summed E-state index contributed by atoms with van der Waals surface area (Å²) < 4.78 is 16.0. The molecule has 0 bridgehead atoms. The van der Waals surface area contributed by atoms with Crippen LogP contribution in [0.2, 0.25) is 0 Å². The molecule has 1 aromatic carbocycles. The lowest BCUT2D eigenvalue weighted by Crippen LogP contribution is -2.36. The second kappa shape index (κ2) is 6.61. The van der Waals surface area contributed by atoms with Gasteiger partial charge in [0.05, 0.1) is 20.8 Å². The van der Waals surface area contributed by atoms with E-state index in [-0.39, 0.29) is 0 Å². The number of rotatable bonds is 5. The molecule has 1 heterocycles. The van der Waals surface area contributed by atoms with Gasteiger partial charge in [-0.2, -0.15) is 0 Å². The molecule has 0 saturated carbocycles. The third-order valence-corrected chi connectivity index (χ3v) is 3.20. The second-order valence-electron chi connectivity index (χ2n) is 4.48. The summed E-state index contributed by atoms with van der Waals surface area (Å²) in [6, 6.07) is 6.47. The predicted molar refractivity (Wildman–Crippen MR) is 70.2 cm³/mol. The van der Waals surface area contributed by atoms with Crippen LogP contribution >= 0.6 is 0 Å². The molecule has 1 atom stereocenters. The Kier molecular flexibility index (Phi) is 4.84. The average molecular weight is 251 g/mol. The van der Waals surface area contributed by atoms with Gasteiger partial charge in [0.1, 0.15) is 0 Å². The van der Waals surface area contributed by atoms with Crippen molar-refractivity contribution in [2.75, 3.05) is 27.4 Å². The van der Waals surface area contributed by atoms with E-state index in [1.165, 1.54) is 12.0 Å². The first-order valence-electron chi connectivity index (χ1n) is 6.35. The van der Waals surface area contributed by atoms with E-state index in [9.17, 15) is 0 Å². The Morgan fingerprint density at radius 1 is 1.28 bits per heavy atom. The van der Waals surface area contributed by atoms with Crippen molar-refractivity contribution >= 4 is 0 Å². The summed E-state index contributed by atoms with van der Waals surface area (Å²) in [5, 5.41) is 3.51. The van der Waals surface area contributed by atoms with Crippen LogP contribution < -0.4 is 14.8 Å². The van der Waals surface area contributed by atoms with E-state index in [0.717, 1.165) is 37.7 Å². The molecule has 4 heteroatoms. The topological polar surface area (TPSA) is 39.7 Å². The van der Waals surface area contributed by atoms with Crippen molar-refractivity contribution in [1.82, 2.24) is 5.32 Å². The van der Waals surface area contributed by atoms with Gasteiger partial charge in [-0.05, 0) is 30.5 Å². The second-order valence-corrected chi connectivity index (χ2v) is 4.48. The quantitative estimate of drug-likeness (QED) is 0.868. The fraction of sp³-hybridized carbons (Fsp3) is 0.571. The minimum absolute atomic E-state index is 0.465. The van der Waals surface area contributed by atoms with E-state index < -0.39 is 0 Å². The van der Waals surface area contributed by atoms with Gasteiger partial charge < -0.3 is 19.5 Å². The molecule has 0 aliphatic carbocycles. The number of hydrogen-bond donors (Lipinski definition) is 1. The van der Waals surface area contributed by atoms with Crippen LogP contribution in [0.3, 0.4) is 0 Å². The SMILES string of the molecule is COc1ccc(CN[C@@H]2CCCOC2)cc1OC. The maximum Gasteiger partial charge on any atom is 0.161 e. The zero-order valence-corrected chi connectivity index (χ0v) is 11.1. The molecule has 4 nitrogen and oxygen atoms in total. The molecule has 18 heavy (non-hydrogen) atoms. The van der Waals surface area contributed by atoms with Gasteiger partial charge in [0.25, 0.3) is 0 Å². The highest BCUT2D eigenvalue weighted by Crippen LogP contribution is 2.27. The zero-order chi connectivity index (χ0) is 12.8. The van der Waals surface area contributed by atoms with Crippen LogP contribution in [0.4, 0.5) is 0 Å². The van der Waals surface area contributed by atoms with Crippen LogP contribution in [0.25, 0.3) is 0 Å². The van der Waals surface area contributed by atoms with Crippen LogP contribution in [0.5, 0.6) is 11.5 Å². The first-order chi connectivity index (χ1) is 8.83. The van der Waals surface area contributed by atoms with E-state index in [2.05, 4.69) is 11.4 Å². The molecule has 1 aromatic rings. The molecule has 0 amide bonds. The molecule has 1 aliphatic rings. The highest BCUT2D eigenvalue weighted by Gasteiger charge is 2.13. The summed E-state index contributed by atoms with van der Waals surface area (Å²) in [7, 11) is 3.30. The Bertz CT molecular complexity index is 375. The maximum absolute atomic E-state index is 5.44. The standard InChI is InChI=1S/C14H21NO3/c1-16-13-6-5-11(8-14(13)17-2)9-15-12-4-3-7-18-10-12/h5-6,8,12,15H,3-4,7,9-10H2,1-2H3/t12-/m1/s1. The van der Waals surface area contributed by atoms with Gasteiger partial charge in [-0.25, -0.2) is 0 Å². The normalized spacial score (nSPS) is 19.6. The molecule has 1 aliphatic heterocycles. The minimum atomic E-state index is 0.465.